The number of aromatic nitrogens is 3. The van der Waals surface area contributed by atoms with Crippen molar-refractivity contribution in [1.29, 1.82) is 0 Å². The van der Waals surface area contributed by atoms with E-state index >= 15 is 0 Å². The van der Waals surface area contributed by atoms with Crippen LogP contribution in [0.3, 0.4) is 0 Å². The van der Waals surface area contributed by atoms with Crippen LogP contribution in [0.5, 0.6) is 0 Å². The summed E-state index contributed by atoms with van der Waals surface area (Å²) in [6.07, 6.45) is 0.896. The van der Waals surface area contributed by atoms with E-state index in [1.54, 1.807) is 0 Å². The Morgan fingerprint density at radius 2 is 1.48 bits per heavy atom. The summed E-state index contributed by atoms with van der Waals surface area (Å²) in [6.45, 7) is 4.84. The zero-order valence-corrected chi connectivity index (χ0v) is 19.5. The van der Waals surface area contributed by atoms with Gasteiger partial charge in [0.2, 0.25) is 11.1 Å². The number of rotatable bonds is 5. The smallest absolute Gasteiger partial charge is 0.237 e. The second-order valence-electron chi connectivity index (χ2n) is 8.24. The summed E-state index contributed by atoms with van der Waals surface area (Å²) in [6, 6.07) is 24.5. The van der Waals surface area contributed by atoms with Crippen molar-refractivity contribution in [2.24, 2.45) is 0 Å². The molecule has 0 radical (unpaired) electrons. The van der Waals surface area contributed by atoms with E-state index in [2.05, 4.69) is 66.5 Å². The van der Waals surface area contributed by atoms with Crippen molar-refractivity contribution < 1.29 is 4.79 Å². The van der Waals surface area contributed by atoms with E-state index in [-0.39, 0.29) is 11.7 Å². The van der Waals surface area contributed by atoms with Gasteiger partial charge in [0.25, 0.3) is 0 Å². The van der Waals surface area contributed by atoms with Crippen molar-refractivity contribution in [2.45, 2.75) is 25.4 Å². The fraction of sp³-hybridized carbons (Fsp3) is 0.185. The molecule has 164 valence electrons. The van der Waals surface area contributed by atoms with Gasteiger partial charge < -0.3 is 4.90 Å². The molecule has 2 heterocycles. The molecule has 0 fully saturated rings. The molecule has 1 aromatic heterocycles. The average Bonchev–Trinajstić information content (AvgIpc) is 3.28. The third kappa shape index (κ3) is 4.52. The largest absolute Gasteiger partial charge is 0.311 e. The molecule has 1 aliphatic rings. The first-order valence-corrected chi connectivity index (χ1v) is 12.0. The number of benzene rings is 3. The van der Waals surface area contributed by atoms with Gasteiger partial charge in [0, 0.05) is 23.4 Å². The van der Waals surface area contributed by atoms with Gasteiger partial charge in [-0.3, -0.25) is 4.79 Å². The number of aryl methyl sites for hydroxylation is 2. The number of hydrogen-bond acceptors (Lipinski definition) is 5. The van der Waals surface area contributed by atoms with Crippen molar-refractivity contribution in [2.75, 3.05) is 17.2 Å². The molecule has 5 rings (SSSR count). The SMILES string of the molecule is Cc1ccc(-c2nnc(SCC(=O)N3CCc4ccccc43)nc2-c2ccc(C)cc2)cc1. The van der Waals surface area contributed by atoms with Crippen LogP contribution < -0.4 is 4.90 Å². The first kappa shape index (κ1) is 21.3. The summed E-state index contributed by atoms with van der Waals surface area (Å²) in [5, 5.41) is 9.39. The average molecular weight is 453 g/mol. The number of hydrogen-bond donors (Lipinski definition) is 0. The molecule has 0 bridgehead atoms. The maximum atomic E-state index is 12.9. The Morgan fingerprint density at radius 1 is 0.848 bits per heavy atom. The first-order valence-electron chi connectivity index (χ1n) is 11.0. The zero-order valence-electron chi connectivity index (χ0n) is 18.7. The lowest BCUT2D eigenvalue weighted by Gasteiger charge is -2.17. The highest BCUT2D eigenvalue weighted by Crippen LogP contribution is 2.31. The summed E-state index contributed by atoms with van der Waals surface area (Å²) < 4.78 is 0. The van der Waals surface area contributed by atoms with E-state index in [1.807, 2.05) is 35.2 Å². The highest BCUT2D eigenvalue weighted by Gasteiger charge is 2.24. The monoisotopic (exact) mass is 452 g/mol. The Balaban J connectivity index is 1.41. The molecule has 6 heteroatoms. The van der Waals surface area contributed by atoms with Gasteiger partial charge in [-0.1, -0.05) is 89.6 Å². The summed E-state index contributed by atoms with van der Waals surface area (Å²) in [4.78, 5) is 19.6. The van der Waals surface area contributed by atoms with E-state index in [9.17, 15) is 4.79 Å². The molecule has 4 aromatic rings. The van der Waals surface area contributed by atoms with E-state index in [1.165, 1.54) is 28.5 Å². The van der Waals surface area contributed by atoms with Gasteiger partial charge >= 0.3 is 0 Å². The van der Waals surface area contributed by atoms with Crippen LogP contribution in [0.15, 0.2) is 78.0 Å². The number of fused-ring (bicyclic) bond motifs is 1. The summed E-state index contributed by atoms with van der Waals surface area (Å²) >= 11 is 1.33. The van der Waals surface area contributed by atoms with Crippen LogP contribution in [-0.2, 0) is 11.2 Å². The third-order valence-corrected chi connectivity index (χ3v) is 6.65. The number of carbonyl (C=O) groups is 1. The molecule has 33 heavy (non-hydrogen) atoms. The van der Waals surface area contributed by atoms with Crippen molar-refractivity contribution in [1.82, 2.24) is 15.2 Å². The minimum absolute atomic E-state index is 0.0630. The number of thioether (sulfide) groups is 1. The minimum Gasteiger partial charge on any atom is -0.311 e. The molecular formula is C27H24N4OS. The van der Waals surface area contributed by atoms with Crippen LogP contribution in [0, 0.1) is 13.8 Å². The standard InChI is InChI=1S/C27H24N4OS/c1-18-7-11-21(12-8-18)25-26(22-13-9-19(2)10-14-22)29-30-27(28-25)33-17-24(32)31-16-15-20-5-3-4-6-23(20)31/h3-14H,15-17H2,1-2H3. The minimum atomic E-state index is 0.0630. The second-order valence-corrected chi connectivity index (χ2v) is 9.18. The second kappa shape index (κ2) is 9.16. The van der Waals surface area contributed by atoms with Gasteiger partial charge in [0.05, 0.1) is 5.75 Å². The topological polar surface area (TPSA) is 59.0 Å². The van der Waals surface area contributed by atoms with Gasteiger partial charge in [0.1, 0.15) is 11.4 Å². The highest BCUT2D eigenvalue weighted by molar-refractivity contribution is 7.99. The van der Waals surface area contributed by atoms with Crippen molar-refractivity contribution in [3.8, 4) is 22.5 Å². The summed E-state index contributed by atoms with van der Waals surface area (Å²) in [5.41, 5.74) is 8.06. The van der Waals surface area contributed by atoms with Crippen LogP contribution in [0.2, 0.25) is 0 Å². The normalized spacial score (nSPS) is 12.6. The summed E-state index contributed by atoms with van der Waals surface area (Å²) in [7, 11) is 0. The van der Waals surface area contributed by atoms with E-state index in [0.717, 1.165) is 41.2 Å². The zero-order chi connectivity index (χ0) is 22.8. The first-order chi connectivity index (χ1) is 16.1. The fourth-order valence-corrected chi connectivity index (χ4v) is 4.66. The van der Waals surface area contributed by atoms with Gasteiger partial charge in [-0.05, 0) is 31.9 Å². The van der Waals surface area contributed by atoms with Crippen LogP contribution in [0.1, 0.15) is 16.7 Å². The Hall–Kier alpha value is -3.51. The predicted molar refractivity (Wildman–Crippen MR) is 133 cm³/mol. The molecule has 5 nitrogen and oxygen atoms in total. The Bertz CT molecular complexity index is 1300. The molecule has 0 aliphatic carbocycles. The third-order valence-electron chi connectivity index (χ3n) is 5.83. The van der Waals surface area contributed by atoms with Crippen LogP contribution in [0.25, 0.3) is 22.5 Å². The molecular weight excluding hydrogens is 428 g/mol. The number of carbonyl (C=O) groups excluding carboxylic acids is 1. The van der Waals surface area contributed by atoms with Gasteiger partial charge in [-0.15, -0.1) is 10.2 Å². The molecule has 0 atom stereocenters. The molecule has 0 saturated carbocycles. The lowest BCUT2D eigenvalue weighted by Crippen LogP contribution is -2.30. The quantitative estimate of drug-likeness (QED) is 0.374. The Kier molecular flexibility index (Phi) is 5.92. The molecule has 0 N–H and O–H groups in total. The molecule has 0 unspecified atom stereocenters. The van der Waals surface area contributed by atoms with Gasteiger partial charge in [0.15, 0.2) is 0 Å². The van der Waals surface area contributed by atoms with Crippen LogP contribution >= 0.6 is 11.8 Å². The molecule has 3 aromatic carbocycles. The van der Waals surface area contributed by atoms with Crippen molar-refractivity contribution >= 4 is 23.4 Å². The maximum absolute atomic E-state index is 12.9. The lowest BCUT2D eigenvalue weighted by atomic mass is 10.0. The lowest BCUT2D eigenvalue weighted by molar-refractivity contribution is -0.116. The van der Waals surface area contributed by atoms with Crippen molar-refractivity contribution in [3.05, 3.63) is 89.5 Å². The van der Waals surface area contributed by atoms with E-state index < -0.39 is 0 Å². The molecule has 0 spiro atoms. The van der Waals surface area contributed by atoms with Crippen molar-refractivity contribution in [3.63, 3.8) is 0 Å². The number of para-hydroxylation sites is 1. The van der Waals surface area contributed by atoms with Gasteiger partial charge in [-0.2, -0.15) is 0 Å². The fourth-order valence-electron chi connectivity index (χ4n) is 3.99. The Morgan fingerprint density at radius 3 is 2.18 bits per heavy atom. The Labute approximate surface area is 197 Å². The number of anilines is 1. The van der Waals surface area contributed by atoms with E-state index in [0.29, 0.717) is 5.16 Å². The molecule has 1 amide bonds. The van der Waals surface area contributed by atoms with Gasteiger partial charge in [-0.25, -0.2) is 4.98 Å². The highest BCUT2D eigenvalue weighted by atomic mass is 32.2. The maximum Gasteiger partial charge on any atom is 0.237 e. The van der Waals surface area contributed by atoms with Crippen LogP contribution in [0.4, 0.5) is 5.69 Å². The number of nitrogens with zero attached hydrogens (tertiary/aromatic N) is 4. The predicted octanol–water partition coefficient (Wildman–Crippen LogP) is 5.50. The van der Waals surface area contributed by atoms with E-state index in [4.69, 9.17) is 4.98 Å². The number of amides is 1. The molecule has 1 aliphatic heterocycles. The summed E-state index contributed by atoms with van der Waals surface area (Å²) in [5.74, 6) is 0.334. The molecule has 0 saturated heterocycles. The van der Waals surface area contributed by atoms with Crippen LogP contribution in [-0.4, -0.2) is 33.4 Å².